The van der Waals surface area contributed by atoms with E-state index < -0.39 is 11.9 Å². The number of aromatic amines is 1. The van der Waals surface area contributed by atoms with Crippen LogP contribution in [0.4, 0.5) is 0 Å². The van der Waals surface area contributed by atoms with Gasteiger partial charge in [0, 0.05) is 23.1 Å². The predicted octanol–water partition coefficient (Wildman–Crippen LogP) is 3.45. The van der Waals surface area contributed by atoms with Crippen LogP contribution in [-0.4, -0.2) is 51.5 Å². The van der Waals surface area contributed by atoms with Gasteiger partial charge in [-0.25, -0.2) is 4.98 Å². The molecule has 9 heteroatoms. The van der Waals surface area contributed by atoms with E-state index in [0.29, 0.717) is 24.5 Å². The third kappa shape index (κ3) is 4.12. The number of aliphatic hydroxyl groups excluding tert-OH is 1. The van der Waals surface area contributed by atoms with Gasteiger partial charge in [-0.15, -0.1) is 0 Å². The maximum Gasteiger partial charge on any atom is 0.255 e. The van der Waals surface area contributed by atoms with Gasteiger partial charge < -0.3 is 20.3 Å². The molecule has 0 unspecified atom stereocenters. The van der Waals surface area contributed by atoms with Gasteiger partial charge in [-0.3, -0.25) is 9.59 Å². The summed E-state index contributed by atoms with van der Waals surface area (Å²) in [5, 5.41) is 12.7. The van der Waals surface area contributed by atoms with E-state index >= 15 is 0 Å². The largest absolute Gasteiger partial charge is 0.394 e. The second-order valence-electron chi connectivity index (χ2n) is 6.87. The molecule has 1 atom stereocenters. The molecule has 1 aliphatic rings. The maximum atomic E-state index is 12.7. The predicted molar refractivity (Wildman–Crippen MR) is 118 cm³/mol. The van der Waals surface area contributed by atoms with Crippen molar-refractivity contribution in [3.8, 4) is 0 Å². The lowest BCUT2D eigenvalue weighted by Gasteiger charge is -2.17. The highest BCUT2D eigenvalue weighted by molar-refractivity contribution is 9.10. The van der Waals surface area contributed by atoms with E-state index in [1.54, 1.807) is 17.0 Å². The van der Waals surface area contributed by atoms with Crippen molar-refractivity contribution in [3.05, 3.63) is 75.0 Å². The van der Waals surface area contributed by atoms with Gasteiger partial charge in [0.05, 0.1) is 28.2 Å². The van der Waals surface area contributed by atoms with Crippen molar-refractivity contribution in [1.29, 1.82) is 0 Å². The molecule has 0 saturated heterocycles. The summed E-state index contributed by atoms with van der Waals surface area (Å²) in [4.78, 5) is 34.4. The van der Waals surface area contributed by atoms with E-state index in [0.717, 1.165) is 15.5 Å². The van der Waals surface area contributed by atoms with Gasteiger partial charge in [0.2, 0.25) is 0 Å². The number of nitrogens with zero attached hydrogens (tertiary/aromatic N) is 2. The van der Waals surface area contributed by atoms with Gasteiger partial charge in [0.1, 0.15) is 11.9 Å². The van der Waals surface area contributed by atoms with Crippen molar-refractivity contribution >= 4 is 50.4 Å². The summed E-state index contributed by atoms with van der Waals surface area (Å²) in [7, 11) is 0. The Morgan fingerprint density at radius 1 is 1.23 bits per heavy atom. The van der Waals surface area contributed by atoms with Crippen LogP contribution in [0.3, 0.4) is 0 Å². The van der Waals surface area contributed by atoms with Crippen LogP contribution in [0.15, 0.2) is 53.0 Å². The van der Waals surface area contributed by atoms with E-state index in [1.807, 2.05) is 30.4 Å². The third-order valence-corrected chi connectivity index (χ3v) is 5.65. The molecule has 2 heterocycles. The van der Waals surface area contributed by atoms with Crippen LogP contribution in [0.1, 0.15) is 32.6 Å². The van der Waals surface area contributed by atoms with Crippen LogP contribution in [0, 0.1) is 0 Å². The van der Waals surface area contributed by atoms with Gasteiger partial charge >= 0.3 is 0 Å². The molecular formula is C21H18BrClN4O3. The molecule has 7 nitrogen and oxygen atoms in total. The van der Waals surface area contributed by atoms with E-state index in [2.05, 4.69) is 31.2 Å². The Balaban J connectivity index is 1.51. The summed E-state index contributed by atoms with van der Waals surface area (Å²) >= 11 is 9.68. The van der Waals surface area contributed by atoms with E-state index in [1.165, 1.54) is 6.07 Å². The van der Waals surface area contributed by atoms with E-state index in [9.17, 15) is 14.7 Å². The van der Waals surface area contributed by atoms with Gasteiger partial charge in [0.15, 0.2) is 0 Å². The standard InChI is InChI=1S/C21H18BrClN4O3/c22-13-4-6-16-17(10-13)25-19(24-16)18(11-28)26-20(29)12-3-5-14(15(23)9-12)21(30)27-7-1-2-8-27/h1-6,9-10,18,28H,7-8,11H2,(H,24,25)(H,26,29)/t18-/m0/s1. The average Bonchev–Trinajstić information content (AvgIpc) is 3.40. The monoisotopic (exact) mass is 488 g/mol. The lowest BCUT2D eigenvalue weighted by atomic mass is 10.1. The quantitative estimate of drug-likeness (QED) is 0.478. The van der Waals surface area contributed by atoms with Crippen LogP contribution in [0.25, 0.3) is 11.0 Å². The van der Waals surface area contributed by atoms with Gasteiger partial charge in [-0.2, -0.15) is 0 Å². The Morgan fingerprint density at radius 2 is 2.00 bits per heavy atom. The first kappa shape index (κ1) is 20.6. The number of H-pyrrole nitrogens is 1. The minimum atomic E-state index is -0.723. The second-order valence-corrected chi connectivity index (χ2v) is 8.19. The average molecular weight is 490 g/mol. The number of rotatable bonds is 5. The topological polar surface area (TPSA) is 98.3 Å². The highest BCUT2D eigenvalue weighted by Gasteiger charge is 2.22. The first-order chi connectivity index (χ1) is 14.5. The number of fused-ring (bicyclic) bond motifs is 1. The molecule has 0 fully saturated rings. The number of benzene rings is 2. The van der Waals surface area contributed by atoms with E-state index in [4.69, 9.17) is 11.6 Å². The molecule has 1 aromatic heterocycles. The van der Waals surface area contributed by atoms with Crippen molar-refractivity contribution in [3.63, 3.8) is 0 Å². The van der Waals surface area contributed by atoms with Crippen molar-refractivity contribution in [2.45, 2.75) is 6.04 Å². The molecule has 4 rings (SSSR count). The summed E-state index contributed by atoms with van der Waals surface area (Å²) in [5.41, 5.74) is 2.14. The van der Waals surface area contributed by atoms with Crippen molar-refractivity contribution < 1.29 is 14.7 Å². The van der Waals surface area contributed by atoms with Gasteiger partial charge in [-0.1, -0.05) is 39.7 Å². The van der Waals surface area contributed by atoms with Crippen LogP contribution < -0.4 is 5.32 Å². The number of imidazole rings is 1. The molecule has 2 amide bonds. The molecule has 3 N–H and O–H groups in total. The smallest absolute Gasteiger partial charge is 0.255 e. The molecular weight excluding hydrogens is 472 g/mol. The molecule has 0 spiro atoms. The SMILES string of the molecule is O=C(N[C@@H](CO)c1nc2cc(Br)ccc2[nH]1)c1ccc(C(=O)N2CC=CC2)c(Cl)c1. The first-order valence-electron chi connectivity index (χ1n) is 9.27. The number of hydrogen-bond donors (Lipinski definition) is 3. The highest BCUT2D eigenvalue weighted by atomic mass is 79.9. The Hall–Kier alpha value is -2.68. The summed E-state index contributed by atoms with van der Waals surface area (Å²) < 4.78 is 0.881. The molecule has 154 valence electrons. The maximum absolute atomic E-state index is 12.7. The van der Waals surface area contributed by atoms with Gasteiger partial charge in [-0.05, 0) is 36.4 Å². The number of amides is 2. The minimum absolute atomic E-state index is 0.182. The lowest BCUT2D eigenvalue weighted by molar-refractivity contribution is 0.0799. The fourth-order valence-electron chi connectivity index (χ4n) is 3.25. The summed E-state index contributed by atoms with van der Waals surface area (Å²) in [6.07, 6.45) is 3.83. The van der Waals surface area contributed by atoms with Crippen molar-refractivity contribution in [2.24, 2.45) is 0 Å². The third-order valence-electron chi connectivity index (χ3n) is 4.85. The molecule has 0 radical (unpaired) electrons. The zero-order valence-electron chi connectivity index (χ0n) is 15.7. The minimum Gasteiger partial charge on any atom is -0.394 e. The zero-order chi connectivity index (χ0) is 21.3. The summed E-state index contributed by atoms with van der Waals surface area (Å²) in [6, 6.07) is 9.40. The van der Waals surface area contributed by atoms with Crippen molar-refractivity contribution in [2.75, 3.05) is 19.7 Å². The number of aliphatic hydroxyl groups is 1. The van der Waals surface area contributed by atoms with Crippen LogP contribution in [-0.2, 0) is 0 Å². The normalized spacial score (nSPS) is 14.3. The number of carbonyl (C=O) groups is 2. The number of carbonyl (C=O) groups excluding carboxylic acids is 2. The molecule has 2 aromatic carbocycles. The van der Waals surface area contributed by atoms with Crippen LogP contribution >= 0.6 is 27.5 Å². The molecule has 0 bridgehead atoms. The molecule has 0 saturated carbocycles. The number of halogens is 2. The first-order valence-corrected chi connectivity index (χ1v) is 10.4. The number of nitrogens with one attached hydrogen (secondary N) is 2. The summed E-state index contributed by atoms with van der Waals surface area (Å²) in [5.74, 6) is -0.170. The zero-order valence-corrected chi connectivity index (χ0v) is 18.1. The Bertz CT molecular complexity index is 1150. The fourth-order valence-corrected chi connectivity index (χ4v) is 3.86. The Morgan fingerprint density at radius 3 is 2.70 bits per heavy atom. The number of aromatic nitrogens is 2. The number of hydrogen-bond acceptors (Lipinski definition) is 4. The van der Waals surface area contributed by atoms with Gasteiger partial charge in [0.25, 0.3) is 11.8 Å². The fraction of sp³-hybridized carbons (Fsp3) is 0.190. The summed E-state index contributed by atoms with van der Waals surface area (Å²) in [6.45, 7) is 0.756. The molecule has 0 aliphatic carbocycles. The molecule has 1 aliphatic heterocycles. The molecule has 30 heavy (non-hydrogen) atoms. The Kier molecular flexibility index (Phi) is 5.90. The van der Waals surface area contributed by atoms with E-state index in [-0.39, 0.29) is 23.1 Å². The second kappa shape index (κ2) is 8.59. The lowest BCUT2D eigenvalue weighted by Crippen LogP contribution is -2.32. The highest BCUT2D eigenvalue weighted by Crippen LogP contribution is 2.23. The van der Waals surface area contributed by atoms with Crippen LogP contribution in [0.2, 0.25) is 5.02 Å². The Labute approximate surface area is 185 Å². The van der Waals surface area contributed by atoms with Crippen LogP contribution in [0.5, 0.6) is 0 Å². The molecule has 3 aromatic rings. The van der Waals surface area contributed by atoms with Crippen molar-refractivity contribution in [1.82, 2.24) is 20.2 Å².